The van der Waals surface area contributed by atoms with E-state index in [2.05, 4.69) is 5.32 Å². The van der Waals surface area contributed by atoms with Crippen LogP contribution in [0.3, 0.4) is 0 Å². The van der Waals surface area contributed by atoms with Gasteiger partial charge in [-0.3, -0.25) is 13.9 Å². The Morgan fingerprint density at radius 1 is 1.03 bits per heavy atom. The molecule has 1 unspecified atom stereocenters. The lowest BCUT2D eigenvalue weighted by Crippen LogP contribution is -2.32. The maximum absolute atomic E-state index is 13.5. The smallest absolute Gasteiger partial charge is 0.266 e. The van der Waals surface area contributed by atoms with Gasteiger partial charge in [-0.1, -0.05) is 41.9 Å². The molecule has 7 nitrogen and oxygen atoms in total. The third-order valence-electron chi connectivity index (χ3n) is 5.68. The summed E-state index contributed by atoms with van der Waals surface area (Å²) < 4.78 is 28.3. The zero-order valence-electron chi connectivity index (χ0n) is 18.5. The highest BCUT2D eigenvalue weighted by atomic mass is 35.5. The van der Waals surface area contributed by atoms with Gasteiger partial charge in [0.25, 0.3) is 10.0 Å². The van der Waals surface area contributed by atoms with Crippen molar-refractivity contribution in [3.8, 4) is 0 Å². The third-order valence-corrected chi connectivity index (χ3v) is 7.89. The van der Waals surface area contributed by atoms with Crippen molar-refractivity contribution in [1.29, 1.82) is 0 Å². The van der Waals surface area contributed by atoms with Crippen molar-refractivity contribution in [3.63, 3.8) is 0 Å². The van der Waals surface area contributed by atoms with Gasteiger partial charge in [0.2, 0.25) is 11.8 Å². The van der Waals surface area contributed by atoms with Crippen molar-refractivity contribution in [2.75, 3.05) is 27.6 Å². The summed E-state index contributed by atoms with van der Waals surface area (Å²) in [4.78, 5) is 27.1. The number of benzene rings is 3. The Balaban J connectivity index is 1.56. The Morgan fingerprint density at radius 2 is 1.68 bits per heavy atom. The molecule has 1 saturated heterocycles. The van der Waals surface area contributed by atoms with Crippen LogP contribution >= 0.6 is 11.6 Å². The number of nitrogens with zero attached hydrogens (tertiary/aromatic N) is 2. The number of anilines is 3. The zero-order valence-corrected chi connectivity index (χ0v) is 20.1. The first kappa shape index (κ1) is 23.8. The van der Waals surface area contributed by atoms with Gasteiger partial charge in [0.05, 0.1) is 17.3 Å². The first-order valence-electron chi connectivity index (χ1n) is 10.8. The van der Waals surface area contributed by atoms with Crippen molar-refractivity contribution < 1.29 is 18.0 Å². The fourth-order valence-corrected chi connectivity index (χ4v) is 5.74. The van der Waals surface area contributed by atoms with Gasteiger partial charge in [-0.05, 0) is 55.5 Å². The highest BCUT2D eigenvalue weighted by Crippen LogP contribution is 2.31. The van der Waals surface area contributed by atoms with E-state index in [9.17, 15) is 18.0 Å². The second-order valence-corrected chi connectivity index (χ2v) is 10.1. The number of nitrogens with one attached hydrogen (secondary N) is 1. The molecule has 0 saturated carbocycles. The van der Waals surface area contributed by atoms with E-state index >= 15 is 0 Å². The minimum atomic E-state index is -3.94. The molecule has 1 N–H and O–H groups in total. The van der Waals surface area contributed by atoms with Crippen molar-refractivity contribution in [1.82, 2.24) is 0 Å². The molecular formula is C25H24ClN3O4S. The summed E-state index contributed by atoms with van der Waals surface area (Å²) in [6.45, 7) is 2.18. The molecule has 9 heteroatoms. The van der Waals surface area contributed by atoms with Gasteiger partial charge in [0, 0.05) is 30.2 Å². The SMILES string of the molecule is CCN(c1ccccc1)S(=O)(=O)c1ccccc1NC(=O)C1CC(=O)N(c2ccc(Cl)cc2)C1. The number of para-hydroxylation sites is 2. The van der Waals surface area contributed by atoms with Crippen LogP contribution in [0, 0.1) is 5.92 Å². The highest BCUT2D eigenvalue weighted by molar-refractivity contribution is 7.93. The lowest BCUT2D eigenvalue weighted by atomic mass is 10.1. The van der Waals surface area contributed by atoms with Crippen LogP contribution in [0.5, 0.6) is 0 Å². The maximum Gasteiger partial charge on any atom is 0.266 e. The van der Waals surface area contributed by atoms with Gasteiger partial charge in [0.15, 0.2) is 0 Å². The number of hydrogen-bond acceptors (Lipinski definition) is 4. The second kappa shape index (κ2) is 9.87. The molecule has 0 bridgehead atoms. The molecule has 0 aliphatic carbocycles. The van der Waals surface area contributed by atoms with Gasteiger partial charge in [-0.2, -0.15) is 0 Å². The van der Waals surface area contributed by atoms with E-state index in [1.807, 2.05) is 6.07 Å². The standard InChI is InChI=1S/C25H24ClN3O4S/c1-2-29(21-8-4-3-5-9-21)34(32,33)23-11-7-6-10-22(23)27-25(31)18-16-24(30)28(17-18)20-14-12-19(26)13-15-20/h3-15,18H,2,16-17H2,1H3,(H,27,31). The van der Waals surface area contributed by atoms with Gasteiger partial charge >= 0.3 is 0 Å². The number of carbonyl (C=O) groups is 2. The average molecular weight is 498 g/mol. The fraction of sp³-hybridized carbons (Fsp3) is 0.200. The van der Waals surface area contributed by atoms with E-state index < -0.39 is 21.8 Å². The van der Waals surface area contributed by atoms with Crippen LogP contribution in [-0.4, -0.2) is 33.3 Å². The molecule has 2 amide bonds. The van der Waals surface area contributed by atoms with Crippen LogP contribution in [0.15, 0.2) is 83.8 Å². The normalized spacial score (nSPS) is 15.9. The van der Waals surface area contributed by atoms with Gasteiger partial charge in [0.1, 0.15) is 4.90 Å². The van der Waals surface area contributed by atoms with Crippen LogP contribution in [0.4, 0.5) is 17.1 Å². The average Bonchev–Trinajstić information content (AvgIpc) is 3.22. The summed E-state index contributed by atoms with van der Waals surface area (Å²) in [6, 6.07) is 21.9. The highest BCUT2D eigenvalue weighted by Gasteiger charge is 2.36. The van der Waals surface area contributed by atoms with Crippen LogP contribution < -0.4 is 14.5 Å². The molecule has 3 aromatic carbocycles. The van der Waals surface area contributed by atoms with Gasteiger partial charge in [-0.15, -0.1) is 0 Å². The number of sulfonamides is 1. The predicted molar refractivity (Wildman–Crippen MR) is 134 cm³/mol. The quantitative estimate of drug-likeness (QED) is 0.519. The summed E-state index contributed by atoms with van der Waals surface area (Å²) in [5, 5.41) is 3.30. The largest absolute Gasteiger partial charge is 0.325 e. The fourth-order valence-electron chi connectivity index (χ4n) is 3.99. The predicted octanol–water partition coefficient (Wildman–Crippen LogP) is 4.55. The Labute approximate surface area is 204 Å². The molecule has 1 atom stereocenters. The molecule has 1 aliphatic rings. The van der Waals surface area contributed by atoms with Crippen molar-refractivity contribution in [3.05, 3.63) is 83.9 Å². The molecule has 0 aromatic heterocycles. The molecule has 176 valence electrons. The molecule has 1 aliphatic heterocycles. The van der Waals surface area contributed by atoms with E-state index in [1.54, 1.807) is 73.7 Å². The summed E-state index contributed by atoms with van der Waals surface area (Å²) in [7, 11) is -3.94. The van der Waals surface area contributed by atoms with Crippen molar-refractivity contribution >= 4 is 50.5 Å². The molecule has 3 aromatic rings. The van der Waals surface area contributed by atoms with Crippen LogP contribution in [0.1, 0.15) is 13.3 Å². The minimum Gasteiger partial charge on any atom is -0.325 e. The molecule has 1 heterocycles. The summed E-state index contributed by atoms with van der Waals surface area (Å²) in [5.74, 6) is -1.20. The summed E-state index contributed by atoms with van der Waals surface area (Å²) >= 11 is 5.93. The molecular weight excluding hydrogens is 474 g/mol. The number of carbonyl (C=O) groups excluding carboxylic acids is 2. The van der Waals surface area contributed by atoms with E-state index in [4.69, 9.17) is 11.6 Å². The second-order valence-electron chi connectivity index (χ2n) is 7.87. The maximum atomic E-state index is 13.5. The Morgan fingerprint density at radius 3 is 2.35 bits per heavy atom. The van der Waals surface area contributed by atoms with Crippen molar-refractivity contribution in [2.24, 2.45) is 5.92 Å². The Kier molecular flexibility index (Phi) is 6.90. The van der Waals surface area contributed by atoms with Crippen LogP contribution in [0.25, 0.3) is 0 Å². The zero-order chi connectivity index (χ0) is 24.3. The van der Waals surface area contributed by atoms with Gasteiger partial charge in [-0.25, -0.2) is 8.42 Å². The first-order valence-corrected chi connectivity index (χ1v) is 12.7. The van der Waals surface area contributed by atoms with Crippen LogP contribution in [-0.2, 0) is 19.6 Å². The summed E-state index contributed by atoms with van der Waals surface area (Å²) in [6.07, 6.45) is 0.0362. The van der Waals surface area contributed by atoms with Crippen molar-refractivity contribution in [2.45, 2.75) is 18.2 Å². The number of hydrogen-bond donors (Lipinski definition) is 1. The van der Waals surface area contributed by atoms with Gasteiger partial charge < -0.3 is 10.2 Å². The minimum absolute atomic E-state index is 0.00654. The lowest BCUT2D eigenvalue weighted by molar-refractivity contribution is -0.122. The monoisotopic (exact) mass is 497 g/mol. The number of halogens is 1. The van der Waals surface area contributed by atoms with Crippen LogP contribution in [0.2, 0.25) is 5.02 Å². The Bertz CT molecular complexity index is 1300. The van der Waals surface area contributed by atoms with E-state index in [1.165, 1.54) is 15.3 Å². The Hall–Kier alpha value is -3.36. The first-order chi connectivity index (χ1) is 16.3. The van der Waals surface area contributed by atoms with E-state index in [0.717, 1.165) is 0 Å². The number of amides is 2. The summed E-state index contributed by atoms with van der Waals surface area (Å²) in [5.41, 5.74) is 1.37. The van der Waals surface area contributed by atoms with E-state index in [-0.39, 0.29) is 36.0 Å². The lowest BCUT2D eigenvalue weighted by Gasteiger charge is -2.24. The molecule has 1 fully saturated rings. The number of rotatable bonds is 7. The molecule has 0 spiro atoms. The molecule has 0 radical (unpaired) electrons. The van der Waals surface area contributed by atoms with E-state index in [0.29, 0.717) is 16.4 Å². The third kappa shape index (κ3) is 4.78. The topological polar surface area (TPSA) is 86.8 Å². The molecule has 4 rings (SSSR count). The molecule has 34 heavy (non-hydrogen) atoms.